The summed E-state index contributed by atoms with van der Waals surface area (Å²) in [5.41, 5.74) is 6.85. The monoisotopic (exact) mass is 279 g/mol. The van der Waals surface area contributed by atoms with Gasteiger partial charge in [-0.15, -0.1) is 0 Å². The first kappa shape index (κ1) is 16.1. The van der Waals surface area contributed by atoms with Crippen LogP contribution < -0.4 is 5.73 Å². The van der Waals surface area contributed by atoms with E-state index in [2.05, 4.69) is 37.3 Å². The molecule has 4 heteroatoms. The first-order valence-corrected chi connectivity index (χ1v) is 8.04. The van der Waals surface area contributed by atoms with Crippen LogP contribution in [0.2, 0.25) is 0 Å². The van der Waals surface area contributed by atoms with Gasteiger partial charge >= 0.3 is 0 Å². The van der Waals surface area contributed by atoms with E-state index in [1.165, 1.54) is 5.56 Å². The van der Waals surface area contributed by atoms with E-state index in [9.17, 15) is 0 Å². The molecular weight excluding hydrogens is 254 g/mol. The van der Waals surface area contributed by atoms with Crippen molar-refractivity contribution in [3.63, 3.8) is 0 Å². The highest BCUT2D eigenvalue weighted by Crippen LogP contribution is 2.25. The maximum Gasteiger partial charge on any atom is 0.0924 e. The standard InChI is InChI=1S/C15H25N3S/c1-12(9-10-19-3)18(2)14(11-15(16)17)13-7-5-4-6-8-13/h4-8,12,14H,9-11H2,1-3H3,(H3,16,17). The second-order valence-corrected chi connectivity index (χ2v) is 5.94. The van der Waals surface area contributed by atoms with Gasteiger partial charge in [-0.3, -0.25) is 10.3 Å². The minimum absolute atomic E-state index is 0.190. The fourth-order valence-corrected chi connectivity index (χ4v) is 2.76. The number of hydrogen-bond donors (Lipinski definition) is 2. The Bertz CT molecular complexity index is 380. The number of amidine groups is 1. The average Bonchev–Trinajstić information content (AvgIpc) is 2.42. The topological polar surface area (TPSA) is 53.1 Å². The molecule has 0 aliphatic heterocycles. The number of thioether (sulfide) groups is 1. The van der Waals surface area contributed by atoms with Crippen molar-refractivity contribution < 1.29 is 0 Å². The lowest BCUT2D eigenvalue weighted by Crippen LogP contribution is -2.35. The minimum Gasteiger partial charge on any atom is -0.388 e. The van der Waals surface area contributed by atoms with Crippen molar-refractivity contribution in [1.82, 2.24) is 4.90 Å². The molecular formula is C15H25N3S. The summed E-state index contributed by atoms with van der Waals surface area (Å²) in [5.74, 6) is 1.41. The maximum absolute atomic E-state index is 7.59. The largest absolute Gasteiger partial charge is 0.388 e. The Morgan fingerprint density at radius 1 is 1.37 bits per heavy atom. The molecule has 0 aliphatic rings. The van der Waals surface area contributed by atoms with Gasteiger partial charge in [-0.05, 0) is 38.0 Å². The van der Waals surface area contributed by atoms with Crippen LogP contribution in [0.3, 0.4) is 0 Å². The molecule has 0 amide bonds. The van der Waals surface area contributed by atoms with E-state index in [-0.39, 0.29) is 11.9 Å². The molecule has 0 radical (unpaired) electrons. The third kappa shape index (κ3) is 5.25. The summed E-state index contributed by atoms with van der Waals surface area (Å²) < 4.78 is 0. The lowest BCUT2D eigenvalue weighted by molar-refractivity contribution is 0.185. The Morgan fingerprint density at radius 2 is 2.00 bits per heavy atom. The molecule has 0 fully saturated rings. The third-order valence-corrected chi connectivity index (χ3v) is 4.17. The van der Waals surface area contributed by atoms with Crippen molar-refractivity contribution in [1.29, 1.82) is 5.41 Å². The highest BCUT2D eigenvalue weighted by molar-refractivity contribution is 7.98. The van der Waals surface area contributed by atoms with Crippen LogP contribution in [0.25, 0.3) is 0 Å². The highest BCUT2D eigenvalue weighted by atomic mass is 32.2. The molecule has 0 aromatic heterocycles. The van der Waals surface area contributed by atoms with Crippen LogP contribution >= 0.6 is 11.8 Å². The zero-order valence-electron chi connectivity index (χ0n) is 12.1. The van der Waals surface area contributed by atoms with E-state index in [1.54, 1.807) is 0 Å². The Labute approximate surface area is 121 Å². The molecule has 19 heavy (non-hydrogen) atoms. The van der Waals surface area contributed by atoms with Crippen molar-refractivity contribution in [2.24, 2.45) is 5.73 Å². The zero-order valence-corrected chi connectivity index (χ0v) is 12.9. The second kappa shape index (κ2) is 8.23. The predicted molar refractivity (Wildman–Crippen MR) is 85.9 cm³/mol. The number of nitrogens with one attached hydrogen (secondary N) is 1. The Balaban J connectivity index is 2.81. The van der Waals surface area contributed by atoms with Crippen LogP contribution in [-0.2, 0) is 0 Å². The first-order chi connectivity index (χ1) is 9.06. The van der Waals surface area contributed by atoms with Crippen LogP contribution in [-0.4, -0.2) is 35.8 Å². The summed E-state index contributed by atoms with van der Waals surface area (Å²) in [4.78, 5) is 2.34. The van der Waals surface area contributed by atoms with Gasteiger partial charge < -0.3 is 5.73 Å². The maximum atomic E-state index is 7.59. The van der Waals surface area contributed by atoms with Gasteiger partial charge in [0.25, 0.3) is 0 Å². The molecule has 2 atom stereocenters. The number of nitrogens with zero attached hydrogens (tertiary/aromatic N) is 1. The van der Waals surface area contributed by atoms with Crippen molar-refractivity contribution in [3.8, 4) is 0 Å². The van der Waals surface area contributed by atoms with Gasteiger partial charge in [0, 0.05) is 18.5 Å². The summed E-state index contributed by atoms with van der Waals surface area (Å²) in [6.07, 6.45) is 3.87. The molecule has 0 heterocycles. The average molecular weight is 279 g/mol. The molecule has 106 valence electrons. The molecule has 0 aliphatic carbocycles. The smallest absolute Gasteiger partial charge is 0.0924 e. The summed E-state index contributed by atoms with van der Waals surface area (Å²) in [6, 6.07) is 11.0. The van der Waals surface area contributed by atoms with Gasteiger partial charge in [0.1, 0.15) is 0 Å². The van der Waals surface area contributed by atoms with Gasteiger partial charge in [0.2, 0.25) is 0 Å². The molecule has 1 rings (SSSR count). The fourth-order valence-electron chi connectivity index (χ4n) is 2.18. The summed E-state index contributed by atoms with van der Waals surface area (Å²) >= 11 is 1.88. The molecule has 3 nitrogen and oxygen atoms in total. The van der Waals surface area contributed by atoms with E-state index in [1.807, 2.05) is 30.0 Å². The van der Waals surface area contributed by atoms with Gasteiger partial charge in [-0.1, -0.05) is 30.3 Å². The summed E-state index contributed by atoms with van der Waals surface area (Å²) in [6.45, 7) is 2.24. The van der Waals surface area contributed by atoms with E-state index in [0.717, 1.165) is 12.2 Å². The molecule has 2 unspecified atom stereocenters. The van der Waals surface area contributed by atoms with Crippen molar-refractivity contribution in [3.05, 3.63) is 35.9 Å². The van der Waals surface area contributed by atoms with Crippen LogP contribution in [0.4, 0.5) is 0 Å². The molecule has 0 saturated heterocycles. The van der Waals surface area contributed by atoms with Crippen molar-refractivity contribution in [2.45, 2.75) is 31.8 Å². The zero-order chi connectivity index (χ0) is 14.3. The molecule has 1 aromatic carbocycles. The minimum atomic E-state index is 0.190. The third-order valence-electron chi connectivity index (χ3n) is 3.52. The second-order valence-electron chi connectivity index (χ2n) is 4.95. The van der Waals surface area contributed by atoms with Crippen LogP contribution in [0, 0.1) is 5.41 Å². The van der Waals surface area contributed by atoms with Gasteiger partial charge in [-0.2, -0.15) is 11.8 Å². The lowest BCUT2D eigenvalue weighted by Gasteiger charge is -2.33. The SMILES string of the molecule is CSCCC(C)N(C)C(CC(=N)N)c1ccccc1. The summed E-state index contributed by atoms with van der Waals surface area (Å²) in [5, 5.41) is 7.59. The quantitative estimate of drug-likeness (QED) is 0.568. The fraction of sp³-hybridized carbons (Fsp3) is 0.533. The molecule has 3 N–H and O–H groups in total. The molecule has 1 aromatic rings. The predicted octanol–water partition coefficient (Wildman–Crippen LogP) is 3.13. The van der Waals surface area contributed by atoms with E-state index in [0.29, 0.717) is 12.5 Å². The highest BCUT2D eigenvalue weighted by Gasteiger charge is 2.21. The molecule has 0 spiro atoms. The van der Waals surface area contributed by atoms with Crippen molar-refractivity contribution >= 4 is 17.6 Å². The lowest BCUT2D eigenvalue weighted by atomic mass is 10.00. The molecule has 0 bridgehead atoms. The van der Waals surface area contributed by atoms with Crippen molar-refractivity contribution in [2.75, 3.05) is 19.1 Å². The summed E-state index contributed by atoms with van der Waals surface area (Å²) in [7, 11) is 2.13. The number of rotatable bonds is 8. The van der Waals surface area contributed by atoms with Gasteiger partial charge in [0.15, 0.2) is 0 Å². The number of nitrogens with two attached hydrogens (primary N) is 1. The first-order valence-electron chi connectivity index (χ1n) is 6.65. The Morgan fingerprint density at radius 3 is 2.53 bits per heavy atom. The normalized spacial score (nSPS) is 14.3. The Kier molecular flexibility index (Phi) is 6.95. The van der Waals surface area contributed by atoms with Crippen LogP contribution in [0.1, 0.15) is 31.4 Å². The molecule has 0 saturated carbocycles. The number of benzene rings is 1. The van der Waals surface area contributed by atoms with E-state index >= 15 is 0 Å². The van der Waals surface area contributed by atoms with E-state index in [4.69, 9.17) is 11.1 Å². The Hall–Kier alpha value is -1.00. The van der Waals surface area contributed by atoms with Gasteiger partial charge in [0.05, 0.1) is 5.84 Å². The van der Waals surface area contributed by atoms with Gasteiger partial charge in [-0.25, -0.2) is 0 Å². The van der Waals surface area contributed by atoms with Crippen LogP contribution in [0.5, 0.6) is 0 Å². The van der Waals surface area contributed by atoms with E-state index < -0.39 is 0 Å². The van der Waals surface area contributed by atoms with Crippen LogP contribution in [0.15, 0.2) is 30.3 Å². The number of hydrogen-bond acceptors (Lipinski definition) is 3.